The molecule has 76 valence electrons. The zero-order chi connectivity index (χ0) is 9.97. The van der Waals surface area contributed by atoms with E-state index in [9.17, 15) is 4.79 Å². The minimum atomic E-state index is 0.150. The Hall–Kier alpha value is -1.01. The Morgan fingerprint density at radius 2 is 2.14 bits per heavy atom. The lowest BCUT2D eigenvalue weighted by atomic mass is 10.1. The van der Waals surface area contributed by atoms with Gasteiger partial charge in [0.2, 0.25) is 5.91 Å². The first-order valence-electron chi connectivity index (χ1n) is 5.27. The van der Waals surface area contributed by atoms with Crippen LogP contribution in [0.15, 0.2) is 0 Å². The molecule has 2 aliphatic heterocycles. The van der Waals surface area contributed by atoms with Crippen molar-refractivity contribution < 1.29 is 4.79 Å². The van der Waals surface area contributed by atoms with E-state index in [1.54, 1.807) is 0 Å². The van der Waals surface area contributed by atoms with Gasteiger partial charge in [-0.15, -0.1) is 12.3 Å². The summed E-state index contributed by atoms with van der Waals surface area (Å²) in [6.45, 7) is 2.82. The lowest BCUT2D eigenvalue weighted by molar-refractivity contribution is -0.130. The zero-order valence-electron chi connectivity index (χ0n) is 8.33. The van der Waals surface area contributed by atoms with Gasteiger partial charge in [-0.25, -0.2) is 0 Å². The van der Waals surface area contributed by atoms with E-state index in [4.69, 9.17) is 6.42 Å². The fraction of sp³-hybridized carbons (Fsp3) is 0.727. The summed E-state index contributed by atoms with van der Waals surface area (Å²) in [5.74, 6) is 3.09. The van der Waals surface area contributed by atoms with Crippen LogP contribution in [0.5, 0.6) is 0 Å². The van der Waals surface area contributed by atoms with E-state index >= 15 is 0 Å². The number of likely N-dealkylation sites (tertiary alicyclic amines) is 1. The number of nitrogens with zero attached hydrogens (tertiary/aromatic N) is 1. The van der Waals surface area contributed by atoms with Crippen molar-refractivity contribution in [3.05, 3.63) is 0 Å². The molecule has 2 saturated heterocycles. The van der Waals surface area contributed by atoms with Crippen LogP contribution in [0, 0.1) is 18.3 Å². The number of hydrogen-bond acceptors (Lipinski definition) is 2. The minimum Gasteiger partial charge on any atom is -0.338 e. The predicted molar refractivity (Wildman–Crippen MR) is 54.5 cm³/mol. The topological polar surface area (TPSA) is 32.3 Å². The first-order valence-corrected chi connectivity index (χ1v) is 5.27. The second-order valence-electron chi connectivity index (χ2n) is 4.09. The van der Waals surface area contributed by atoms with Gasteiger partial charge < -0.3 is 10.2 Å². The van der Waals surface area contributed by atoms with E-state index < -0.39 is 0 Å². The van der Waals surface area contributed by atoms with Gasteiger partial charge in [-0.1, -0.05) is 0 Å². The Bertz CT molecular complexity index is 263. The van der Waals surface area contributed by atoms with Crippen LogP contribution >= 0.6 is 0 Å². The summed E-state index contributed by atoms with van der Waals surface area (Å²) in [6.07, 6.45) is 8.05. The molecule has 0 aliphatic carbocycles. The number of amides is 1. The number of terminal acetylenes is 1. The molecule has 14 heavy (non-hydrogen) atoms. The molecule has 0 aromatic rings. The standard InChI is InChI=1S/C11H16N2O/c1-2-9-7-11(14)13(8-9)10-3-5-12-6-4-10/h1,9-10,12H,3-8H2. The second kappa shape index (κ2) is 4.02. The van der Waals surface area contributed by atoms with Crippen molar-refractivity contribution in [2.75, 3.05) is 19.6 Å². The van der Waals surface area contributed by atoms with Crippen molar-refractivity contribution in [2.24, 2.45) is 5.92 Å². The van der Waals surface area contributed by atoms with Crippen LogP contribution in [0.25, 0.3) is 0 Å². The molecule has 0 spiro atoms. The van der Waals surface area contributed by atoms with Crippen LogP contribution in [-0.2, 0) is 4.79 Å². The number of nitrogens with one attached hydrogen (secondary N) is 1. The molecule has 1 amide bonds. The largest absolute Gasteiger partial charge is 0.338 e. The molecule has 0 aromatic heterocycles. The third kappa shape index (κ3) is 1.76. The molecule has 2 heterocycles. The number of carbonyl (C=O) groups is 1. The highest BCUT2D eigenvalue weighted by Crippen LogP contribution is 2.23. The molecule has 1 atom stereocenters. The van der Waals surface area contributed by atoms with Crippen LogP contribution < -0.4 is 5.32 Å². The van der Waals surface area contributed by atoms with E-state index in [2.05, 4.69) is 11.2 Å². The molecule has 2 aliphatic rings. The number of hydrogen-bond donors (Lipinski definition) is 1. The van der Waals surface area contributed by atoms with Gasteiger partial charge in [0.1, 0.15) is 0 Å². The van der Waals surface area contributed by atoms with Crippen LogP contribution in [0.1, 0.15) is 19.3 Å². The molecule has 2 rings (SSSR count). The normalized spacial score (nSPS) is 29.2. The molecule has 1 unspecified atom stereocenters. The summed E-state index contributed by atoms with van der Waals surface area (Å²) < 4.78 is 0. The summed E-state index contributed by atoms with van der Waals surface area (Å²) in [6, 6.07) is 0.432. The maximum Gasteiger partial charge on any atom is 0.224 e. The van der Waals surface area contributed by atoms with Crippen molar-refractivity contribution in [3.8, 4) is 12.3 Å². The summed E-state index contributed by atoms with van der Waals surface area (Å²) in [5.41, 5.74) is 0. The van der Waals surface area contributed by atoms with Gasteiger partial charge in [-0.05, 0) is 25.9 Å². The third-order valence-electron chi connectivity index (χ3n) is 3.14. The first-order chi connectivity index (χ1) is 6.81. The Balaban J connectivity index is 1.97. The maximum atomic E-state index is 11.7. The lowest BCUT2D eigenvalue weighted by Gasteiger charge is -2.31. The van der Waals surface area contributed by atoms with Crippen molar-refractivity contribution in [1.29, 1.82) is 0 Å². The second-order valence-corrected chi connectivity index (χ2v) is 4.09. The van der Waals surface area contributed by atoms with Gasteiger partial charge >= 0.3 is 0 Å². The Kier molecular flexibility index (Phi) is 2.74. The highest BCUT2D eigenvalue weighted by atomic mass is 16.2. The molecule has 0 saturated carbocycles. The molecule has 0 bridgehead atoms. The van der Waals surface area contributed by atoms with Crippen molar-refractivity contribution >= 4 is 5.91 Å². The van der Waals surface area contributed by atoms with E-state index in [1.807, 2.05) is 4.90 Å². The van der Waals surface area contributed by atoms with Crippen LogP contribution in [0.2, 0.25) is 0 Å². The molecule has 3 nitrogen and oxygen atoms in total. The summed E-state index contributed by atoms with van der Waals surface area (Å²) in [5, 5.41) is 3.30. The van der Waals surface area contributed by atoms with Crippen LogP contribution in [0.3, 0.4) is 0 Å². The monoisotopic (exact) mass is 192 g/mol. The fourth-order valence-corrected chi connectivity index (χ4v) is 2.31. The third-order valence-corrected chi connectivity index (χ3v) is 3.14. The predicted octanol–water partition coefficient (Wildman–Crippen LogP) is 0.220. The Morgan fingerprint density at radius 3 is 2.71 bits per heavy atom. The molecule has 0 radical (unpaired) electrons. The fourth-order valence-electron chi connectivity index (χ4n) is 2.31. The van der Waals surface area contributed by atoms with Gasteiger partial charge in [0.05, 0.1) is 0 Å². The molecule has 3 heteroatoms. The number of carbonyl (C=O) groups excluding carboxylic acids is 1. The summed E-state index contributed by atoms with van der Waals surface area (Å²) in [4.78, 5) is 13.6. The average Bonchev–Trinajstić information content (AvgIpc) is 2.61. The quantitative estimate of drug-likeness (QED) is 0.603. The van der Waals surface area contributed by atoms with Crippen LogP contribution in [-0.4, -0.2) is 36.5 Å². The number of piperidine rings is 1. The smallest absolute Gasteiger partial charge is 0.224 e. The molecule has 2 fully saturated rings. The van der Waals surface area contributed by atoms with Crippen LogP contribution in [0.4, 0.5) is 0 Å². The van der Waals surface area contributed by atoms with E-state index in [0.29, 0.717) is 12.5 Å². The Morgan fingerprint density at radius 1 is 1.43 bits per heavy atom. The van der Waals surface area contributed by atoms with E-state index in [-0.39, 0.29) is 11.8 Å². The minimum absolute atomic E-state index is 0.150. The summed E-state index contributed by atoms with van der Waals surface area (Å²) >= 11 is 0. The van der Waals surface area contributed by atoms with Gasteiger partial charge in [0.15, 0.2) is 0 Å². The van der Waals surface area contributed by atoms with Gasteiger partial charge in [0, 0.05) is 24.9 Å². The maximum absolute atomic E-state index is 11.7. The first kappa shape index (κ1) is 9.54. The molecular formula is C11H16N2O. The average molecular weight is 192 g/mol. The molecular weight excluding hydrogens is 176 g/mol. The van der Waals surface area contributed by atoms with E-state index in [1.165, 1.54) is 0 Å². The van der Waals surface area contributed by atoms with E-state index in [0.717, 1.165) is 32.5 Å². The van der Waals surface area contributed by atoms with Crippen molar-refractivity contribution in [1.82, 2.24) is 10.2 Å². The summed E-state index contributed by atoms with van der Waals surface area (Å²) in [7, 11) is 0. The Labute approximate surface area is 84.8 Å². The zero-order valence-corrected chi connectivity index (χ0v) is 8.33. The molecule has 1 N–H and O–H groups in total. The molecule has 0 aromatic carbocycles. The van der Waals surface area contributed by atoms with Crippen molar-refractivity contribution in [2.45, 2.75) is 25.3 Å². The van der Waals surface area contributed by atoms with Crippen molar-refractivity contribution in [3.63, 3.8) is 0 Å². The van der Waals surface area contributed by atoms with Gasteiger partial charge in [-0.2, -0.15) is 0 Å². The highest BCUT2D eigenvalue weighted by Gasteiger charge is 2.33. The number of rotatable bonds is 1. The SMILES string of the molecule is C#CC1CC(=O)N(C2CCNCC2)C1. The van der Waals surface area contributed by atoms with Gasteiger partial charge in [-0.3, -0.25) is 4.79 Å². The highest BCUT2D eigenvalue weighted by molar-refractivity contribution is 5.79. The lowest BCUT2D eigenvalue weighted by Crippen LogP contribution is -2.43. The van der Waals surface area contributed by atoms with Gasteiger partial charge in [0.25, 0.3) is 0 Å².